The average molecular weight is 481 g/mol. The van der Waals surface area contributed by atoms with Gasteiger partial charge in [-0.3, -0.25) is 10.1 Å². The van der Waals surface area contributed by atoms with Crippen LogP contribution in [-0.2, 0) is 0 Å². The van der Waals surface area contributed by atoms with Crippen molar-refractivity contribution in [3.63, 3.8) is 0 Å². The van der Waals surface area contributed by atoms with Crippen molar-refractivity contribution in [1.29, 1.82) is 0 Å². The van der Waals surface area contributed by atoms with Gasteiger partial charge in [0.25, 0.3) is 5.91 Å². The third-order valence-corrected chi connectivity index (χ3v) is 6.19. The number of anilines is 1. The van der Waals surface area contributed by atoms with Gasteiger partial charge in [0.1, 0.15) is 10.8 Å². The molecule has 0 unspecified atom stereocenters. The number of hydrogen-bond donors (Lipinski definition) is 2. The molecule has 0 radical (unpaired) electrons. The Hall–Kier alpha value is -3.37. The molecule has 0 saturated carbocycles. The van der Waals surface area contributed by atoms with Gasteiger partial charge in [-0.05, 0) is 62.3 Å². The summed E-state index contributed by atoms with van der Waals surface area (Å²) in [5, 5.41) is 19.7. The number of amides is 1. The van der Waals surface area contributed by atoms with Crippen molar-refractivity contribution in [3.8, 4) is 16.3 Å². The number of rotatable bonds is 7. The van der Waals surface area contributed by atoms with Crippen LogP contribution in [0.4, 0.5) is 5.69 Å². The van der Waals surface area contributed by atoms with Crippen LogP contribution in [0.5, 0.6) is 5.75 Å². The minimum absolute atomic E-state index is 0.214. The summed E-state index contributed by atoms with van der Waals surface area (Å²) in [5.41, 5.74) is 3.19. The number of aromatic nitrogens is 4. The molecular weight excluding hydrogens is 456 g/mol. The van der Waals surface area contributed by atoms with E-state index in [1.165, 1.54) is 11.3 Å². The first-order valence-corrected chi connectivity index (χ1v) is 11.8. The quantitative estimate of drug-likeness (QED) is 0.291. The molecule has 2 aromatic carbocycles. The molecule has 4 rings (SSSR count). The van der Waals surface area contributed by atoms with E-state index in [2.05, 4.69) is 32.9 Å². The maximum absolute atomic E-state index is 12.7. The summed E-state index contributed by atoms with van der Waals surface area (Å²) in [6, 6.07) is 12.9. The normalized spacial score (nSPS) is 10.9. The van der Waals surface area contributed by atoms with Crippen LogP contribution >= 0.6 is 23.6 Å². The lowest BCUT2D eigenvalue weighted by Crippen LogP contribution is -2.34. The molecule has 170 valence electrons. The van der Waals surface area contributed by atoms with Gasteiger partial charge < -0.3 is 10.1 Å². The maximum Gasteiger partial charge on any atom is 0.257 e. The van der Waals surface area contributed by atoms with Crippen molar-refractivity contribution in [2.75, 3.05) is 11.9 Å². The smallest absolute Gasteiger partial charge is 0.257 e. The number of unbranched alkanes of at least 4 members (excludes halogenated alkanes) is 1. The number of fused-ring (bicyclic) bond motifs is 1. The molecule has 0 aliphatic rings. The lowest BCUT2D eigenvalue weighted by molar-refractivity contribution is 0.0977. The summed E-state index contributed by atoms with van der Waals surface area (Å²) in [6.45, 7) is 6.57. The van der Waals surface area contributed by atoms with Crippen molar-refractivity contribution >= 4 is 45.2 Å². The monoisotopic (exact) mass is 480 g/mol. The summed E-state index contributed by atoms with van der Waals surface area (Å²) >= 11 is 6.86. The predicted octanol–water partition coefficient (Wildman–Crippen LogP) is 4.78. The Morgan fingerprint density at radius 3 is 2.79 bits per heavy atom. The van der Waals surface area contributed by atoms with Crippen LogP contribution in [0.2, 0.25) is 0 Å². The number of carbonyl (C=O) groups excluding carboxylic acids is 1. The van der Waals surface area contributed by atoms with Gasteiger partial charge in [-0.1, -0.05) is 42.9 Å². The molecule has 2 N–H and O–H groups in total. The zero-order chi connectivity index (χ0) is 23.4. The summed E-state index contributed by atoms with van der Waals surface area (Å²) in [5.74, 6) is 1.10. The summed E-state index contributed by atoms with van der Waals surface area (Å²) in [4.78, 5) is 13.4. The molecule has 0 saturated heterocycles. The molecule has 0 bridgehead atoms. The molecule has 2 aromatic heterocycles. The number of benzene rings is 2. The number of nitrogens with zero attached hydrogens (tertiary/aromatic N) is 4. The lowest BCUT2D eigenvalue weighted by atomic mass is 10.1. The van der Waals surface area contributed by atoms with E-state index in [-0.39, 0.29) is 11.0 Å². The molecule has 0 atom stereocenters. The highest BCUT2D eigenvalue weighted by Crippen LogP contribution is 2.31. The van der Waals surface area contributed by atoms with E-state index >= 15 is 0 Å². The molecule has 0 fully saturated rings. The number of nitrogens with one attached hydrogen (secondary N) is 2. The van der Waals surface area contributed by atoms with Gasteiger partial charge in [-0.25, -0.2) is 0 Å². The first-order valence-electron chi connectivity index (χ1n) is 10.6. The van der Waals surface area contributed by atoms with E-state index in [4.69, 9.17) is 17.0 Å². The molecule has 33 heavy (non-hydrogen) atoms. The van der Waals surface area contributed by atoms with Crippen LogP contribution in [0.15, 0.2) is 42.5 Å². The van der Waals surface area contributed by atoms with Crippen LogP contribution in [0, 0.1) is 13.8 Å². The fourth-order valence-corrected chi connectivity index (χ4v) is 4.39. The van der Waals surface area contributed by atoms with E-state index in [0.717, 1.165) is 45.4 Å². The van der Waals surface area contributed by atoms with Gasteiger partial charge in [0, 0.05) is 16.8 Å². The second-order valence-electron chi connectivity index (χ2n) is 7.47. The highest BCUT2D eigenvalue weighted by atomic mass is 32.1. The summed E-state index contributed by atoms with van der Waals surface area (Å²) in [7, 11) is 0. The second kappa shape index (κ2) is 10.1. The molecule has 10 heteroatoms. The van der Waals surface area contributed by atoms with Crippen molar-refractivity contribution in [2.24, 2.45) is 0 Å². The highest BCUT2D eigenvalue weighted by Gasteiger charge is 2.15. The van der Waals surface area contributed by atoms with Crippen molar-refractivity contribution in [1.82, 2.24) is 25.1 Å². The standard InChI is InChI=1S/C23H24N6O2S2/c1-4-5-12-31-17-9-6-8-16(13-17)20(30)25-22(32)24-19-11-7-10-18(14(19)2)21-28-29-15(3)26-27-23(29)33-21/h6-11,13H,4-5,12H2,1-3H3,(H2,24,25,30,32). The Labute approximate surface area is 201 Å². The van der Waals surface area contributed by atoms with E-state index in [0.29, 0.717) is 17.9 Å². The fraction of sp³-hybridized carbons (Fsp3) is 0.261. The molecule has 0 aliphatic heterocycles. The summed E-state index contributed by atoms with van der Waals surface area (Å²) in [6.07, 6.45) is 2.01. The predicted molar refractivity (Wildman–Crippen MR) is 134 cm³/mol. The SMILES string of the molecule is CCCCOc1cccc(C(=O)NC(=S)Nc2cccc(-c3nn4c(C)nnc4s3)c2C)c1. The van der Waals surface area contributed by atoms with Crippen LogP contribution in [0.1, 0.15) is 41.5 Å². The van der Waals surface area contributed by atoms with Gasteiger partial charge in [0.05, 0.1) is 6.61 Å². The molecule has 8 nitrogen and oxygen atoms in total. The number of ether oxygens (including phenoxy) is 1. The van der Waals surface area contributed by atoms with E-state index in [9.17, 15) is 4.79 Å². The zero-order valence-electron chi connectivity index (χ0n) is 18.6. The minimum atomic E-state index is -0.300. The van der Waals surface area contributed by atoms with Crippen LogP contribution < -0.4 is 15.4 Å². The van der Waals surface area contributed by atoms with Gasteiger partial charge in [-0.2, -0.15) is 9.61 Å². The third-order valence-electron chi connectivity index (χ3n) is 5.05. The molecule has 4 aromatic rings. The zero-order valence-corrected chi connectivity index (χ0v) is 20.2. The molecule has 2 heterocycles. The first-order chi connectivity index (χ1) is 16.0. The van der Waals surface area contributed by atoms with Gasteiger partial charge in [-0.15, -0.1) is 10.2 Å². The fourth-order valence-electron chi connectivity index (χ4n) is 3.22. The Balaban J connectivity index is 1.45. The first kappa shape index (κ1) is 22.8. The molecule has 1 amide bonds. The molecule has 0 spiro atoms. The Bertz CT molecular complexity index is 1310. The molecular formula is C23H24N6O2S2. The van der Waals surface area contributed by atoms with Crippen molar-refractivity contribution in [2.45, 2.75) is 33.6 Å². The minimum Gasteiger partial charge on any atom is -0.494 e. The van der Waals surface area contributed by atoms with Crippen molar-refractivity contribution < 1.29 is 9.53 Å². The van der Waals surface area contributed by atoms with Crippen LogP contribution in [0.3, 0.4) is 0 Å². The second-order valence-corrected chi connectivity index (χ2v) is 8.83. The van der Waals surface area contributed by atoms with E-state index in [1.807, 2.05) is 38.1 Å². The third kappa shape index (κ3) is 5.18. The van der Waals surface area contributed by atoms with Gasteiger partial charge >= 0.3 is 0 Å². The lowest BCUT2D eigenvalue weighted by Gasteiger charge is -2.14. The van der Waals surface area contributed by atoms with E-state index in [1.54, 1.807) is 22.7 Å². The van der Waals surface area contributed by atoms with Crippen LogP contribution in [0.25, 0.3) is 15.5 Å². The highest BCUT2D eigenvalue weighted by molar-refractivity contribution is 7.80. The number of thiocarbonyl (C=S) groups is 1. The number of hydrogen-bond acceptors (Lipinski definition) is 7. The summed E-state index contributed by atoms with van der Waals surface area (Å²) < 4.78 is 7.42. The van der Waals surface area contributed by atoms with Gasteiger partial charge in [0.2, 0.25) is 4.96 Å². The topological polar surface area (TPSA) is 93.4 Å². The molecule has 0 aliphatic carbocycles. The Morgan fingerprint density at radius 1 is 1.18 bits per heavy atom. The Kier molecular flexibility index (Phi) is 6.95. The maximum atomic E-state index is 12.7. The van der Waals surface area contributed by atoms with Gasteiger partial charge in [0.15, 0.2) is 10.9 Å². The van der Waals surface area contributed by atoms with Crippen molar-refractivity contribution in [3.05, 3.63) is 59.4 Å². The van der Waals surface area contributed by atoms with Crippen LogP contribution in [-0.4, -0.2) is 37.4 Å². The van der Waals surface area contributed by atoms with E-state index < -0.39 is 0 Å². The average Bonchev–Trinajstić information content (AvgIpc) is 3.37. The number of aryl methyl sites for hydroxylation is 1. The largest absolute Gasteiger partial charge is 0.494 e. The number of carbonyl (C=O) groups is 1. The Morgan fingerprint density at radius 2 is 2.00 bits per heavy atom.